The summed E-state index contributed by atoms with van der Waals surface area (Å²) in [5, 5.41) is 0. The van der Waals surface area contributed by atoms with Crippen molar-refractivity contribution in [2.24, 2.45) is 11.3 Å². The largest absolute Gasteiger partial charge is 0.455 e. The van der Waals surface area contributed by atoms with Gasteiger partial charge in [-0.25, -0.2) is 0 Å². The second-order valence-electron chi connectivity index (χ2n) is 10.1. The van der Waals surface area contributed by atoms with E-state index in [1.807, 2.05) is 11.8 Å². The van der Waals surface area contributed by atoms with Crippen LogP contribution in [0, 0.1) is 18.3 Å². The lowest BCUT2D eigenvalue weighted by Crippen LogP contribution is -2.44. The molecule has 2 amide bonds. The predicted octanol–water partition coefficient (Wildman–Crippen LogP) is 4.00. The molecule has 3 heterocycles. The van der Waals surface area contributed by atoms with Crippen LogP contribution < -0.4 is 0 Å². The third-order valence-corrected chi connectivity index (χ3v) is 7.02. The summed E-state index contributed by atoms with van der Waals surface area (Å²) in [6.45, 7) is 8.81. The molecule has 0 spiro atoms. The zero-order valence-corrected chi connectivity index (χ0v) is 18.6. The molecule has 3 aliphatic rings. The Morgan fingerprint density at radius 1 is 0.933 bits per heavy atom. The summed E-state index contributed by atoms with van der Waals surface area (Å²) in [5.74, 6) is 1.17. The molecule has 2 aliphatic heterocycles. The summed E-state index contributed by atoms with van der Waals surface area (Å²) >= 11 is 0. The average molecular weight is 415 g/mol. The highest BCUT2D eigenvalue weighted by atomic mass is 16.4. The number of carbonyl (C=O) groups is 3. The number of hydrogen-bond acceptors (Lipinski definition) is 4. The Bertz CT molecular complexity index is 838. The fourth-order valence-corrected chi connectivity index (χ4v) is 5.31. The zero-order chi connectivity index (χ0) is 21.5. The predicted molar refractivity (Wildman–Crippen MR) is 114 cm³/mol. The van der Waals surface area contributed by atoms with E-state index in [-0.39, 0.29) is 28.9 Å². The Labute approximate surface area is 179 Å². The summed E-state index contributed by atoms with van der Waals surface area (Å²) in [4.78, 5) is 42.5. The number of Topliss-reactive ketones (excluding diaryl/α,β-unsaturated/α-hetero) is 1. The van der Waals surface area contributed by atoms with Crippen LogP contribution in [0.25, 0.3) is 0 Å². The standard InChI is InChI=1S/C24H34N2O4/c1-16-20-18(27)14-24(2,3)15-19(20)30-21(16)23(29)26-12-8-17(9-13-26)22(28)25-10-6-4-5-7-11-25/h17H,4-15H2,1-3H3. The van der Waals surface area contributed by atoms with E-state index in [0.717, 1.165) is 25.9 Å². The third kappa shape index (κ3) is 4.06. The number of furan rings is 1. The van der Waals surface area contributed by atoms with Crippen LogP contribution in [0.4, 0.5) is 0 Å². The maximum absolute atomic E-state index is 13.2. The minimum absolute atomic E-state index is 0.0143. The lowest BCUT2D eigenvalue weighted by atomic mass is 9.76. The first-order valence-corrected chi connectivity index (χ1v) is 11.5. The van der Waals surface area contributed by atoms with E-state index in [4.69, 9.17) is 4.42 Å². The van der Waals surface area contributed by atoms with Gasteiger partial charge < -0.3 is 14.2 Å². The van der Waals surface area contributed by atoms with Crippen molar-refractivity contribution in [3.63, 3.8) is 0 Å². The lowest BCUT2D eigenvalue weighted by molar-refractivity contribution is -0.136. The quantitative estimate of drug-likeness (QED) is 0.733. The number of likely N-dealkylation sites (tertiary alicyclic amines) is 2. The van der Waals surface area contributed by atoms with Gasteiger partial charge in [-0.05, 0) is 38.0 Å². The normalized spacial score (nSPS) is 22.6. The minimum Gasteiger partial charge on any atom is -0.455 e. The molecule has 2 saturated heterocycles. The van der Waals surface area contributed by atoms with Gasteiger partial charge in [0.1, 0.15) is 5.76 Å². The molecule has 0 N–H and O–H groups in total. The van der Waals surface area contributed by atoms with Gasteiger partial charge >= 0.3 is 0 Å². The Kier molecular flexibility index (Phi) is 5.78. The molecule has 0 unspecified atom stereocenters. The number of fused-ring (bicyclic) bond motifs is 1. The second kappa shape index (κ2) is 8.20. The molecule has 0 saturated carbocycles. The maximum atomic E-state index is 13.2. The molecule has 2 fully saturated rings. The van der Waals surface area contributed by atoms with Crippen molar-refractivity contribution in [3.05, 3.63) is 22.6 Å². The Morgan fingerprint density at radius 2 is 1.57 bits per heavy atom. The van der Waals surface area contributed by atoms with Crippen LogP contribution >= 0.6 is 0 Å². The number of rotatable bonds is 2. The highest BCUT2D eigenvalue weighted by Crippen LogP contribution is 2.38. The number of ketones is 1. The van der Waals surface area contributed by atoms with Crippen molar-refractivity contribution in [1.82, 2.24) is 9.80 Å². The van der Waals surface area contributed by atoms with Crippen molar-refractivity contribution in [3.8, 4) is 0 Å². The molecule has 0 atom stereocenters. The number of hydrogen-bond donors (Lipinski definition) is 0. The molecule has 0 aromatic carbocycles. The summed E-state index contributed by atoms with van der Waals surface area (Å²) < 4.78 is 5.95. The van der Waals surface area contributed by atoms with Crippen LogP contribution in [0.3, 0.4) is 0 Å². The van der Waals surface area contributed by atoms with Crippen molar-refractivity contribution < 1.29 is 18.8 Å². The summed E-state index contributed by atoms with van der Waals surface area (Å²) in [5.41, 5.74) is 1.16. The van der Waals surface area contributed by atoms with Gasteiger partial charge in [-0.3, -0.25) is 14.4 Å². The molecule has 0 radical (unpaired) electrons. The minimum atomic E-state index is -0.145. The van der Waals surface area contributed by atoms with Gasteiger partial charge in [0.25, 0.3) is 5.91 Å². The van der Waals surface area contributed by atoms with E-state index in [1.165, 1.54) is 12.8 Å². The monoisotopic (exact) mass is 414 g/mol. The molecule has 1 aliphatic carbocycles. The fourth-order valence-electron chi connectivity index (χ4n) is 5.31. The van der Waals surface area contributed by atoms with Gasteiger partial charge in [0.05, 0.1) is 5.56 Å². The smallest absolute Gasteiger partial charge is 0.289 e. The summed E-state index contributed by atoms with van der Waals surface area (Å²) in [6.07, 6.45) is 7.18. The highest BCUT2D eigenvalue weighted by Gasteiger charge is 2.38. The Balaban J connectivity index is 1.42. The van der Waals surface area contributed by atoms with Crippen LogP contribution in [0.15, 0.2) is 4.42 Å². The molecule has 164 valence electrons. The van der Waals surface area contributed by atoms with Crippen molar-refractivity contribution >= 4 is 17.6 Å². The van der Waals surface area contributed by atoms with Gasteiger partial charge in [-0.2, -0.15) is 0 Å². The van der Waals surface area contributed by atoms with Gasteiger partial charge in [0.15, 0.2) is 11.5 Å². The second-order valence-corrected chi connectivity index (χ2v) is 10.1. The van der Waals surface area contributed by atoms with Gasteiger partial charge in [-0.15, -0.1) is 0 Å². The molecular formula is C24H34N2O4. The fraction of sp³-hybridized carbons (Fsp3) is 0.708. The van der Waals surface area contributed by atoms with Crippen molar-refractivity contribution in [1.29, 1.82) is 0 Å². The molecule has 0 bridgehead atoms. The molecule has 1 aromatic rings. The van der Waals surface area contributed by atoms with Crippen molar-refractivity contribution in [2.75, 3.05) is 26.2 Å². The zero-order valence-electron chi connectivity index (χ0n) is 18.6. The molecule has 6 heteroatoms. The molecule has 4 rings (SSSR count). The summed E-state index contributed by atoms with van der Waals surface area (Å²) in [6, 6.07) is 0. The number of piperidine rings is 1. The highest BCUT2D eigenvalue weighted by molar-refractivity contribution is 6.03. The SMILES string of the molecule is Cc1c(C(=O)N2CCC(C(=O)N3CCCCCC3)CC2)oc2c1C(=O)CC(C)(C)C2. The first kappa shape index (κ1) is 21.1. The van der Waals surface area contributed by atoms with Crippen LogP contribution in [-0.2, 0) is 11.2 Å². The van der Waals surface area contributed by atoms with Crippen LogP contribution in [-0.4, -0.2) is 53.6 Å². The lowest BCUT2D eigenvalue weighted by Gasteiger charge is -2.33. The first-order chi connectivity index (χ1) is 14.3. The van der Waals surface area contributed by atoms with Gasteiger partial charge in [0.2, 0.25) is 5.91 Å². The molecule has 1 aromatic heterocycles. The Hall–Kier alpha value is -2.11. The summed E-state index contributed by atoms with van der Waals surface area (Å²) in [7, 11) is 0. The van der Waals surface area contributed by atoms with E-state index in [1.54, 1.807) is 4.90 Å². The van der Waals surface area contributed by atoms with E-state index >= 15 is 0 Å². The van der Waals surface area contributed by atoms with Gasteiger partial charge in [0, 0.05) is 50.5 Å². The van der Waals surface area contributed by atoms with Crippen LogP contribution in [0.1, 0.15) is 91.0 Å². The van der Waals surface area contributed by atoms with E-state index < -0.39 is 0 Å². The van der Waals surface area contributed by atoms with Crippen LogP contribution in [0.2, 0.25) is 0 Å². The third-order valence-electron chi connectivity index (χ3n) is 7.02. The van der Waals surface area contributed by atoms with Crippen molar-refractivity contribution in [2.45, 2.75) is 72.1 Å². The average Bonchev–Trinajstić information content (AvgIpc) is 2.87. The topological polar surface area (TPSA) is 70.8 Å². The van der Waals surface area contributed by atoms with E-state index in [9.17, 15) is 14.4 Å². The number of carbonyl (C=O) groups excluding carboxylic acids is 3. The Morgan fingerprint density at radius 3 is 2.20 bits per heavy atom. The maximum Gasteiger partial charge on any atom is 0.289 e. The first-order valence-electron chi connectivity index (χ1n) is 11.5. The molecular weight excluding hydrogens is 380 g/mol. The van der Waals surface area contributed by atoms with E-state index in [2.05, 4.69) is 13.8 Å². The molecule has 6 nitrogen and oxygen atoms in total. The van der Waals surface area contributed by atoms with Crippen LogP contribution in [0.5, 0.6) is 0 Å². The van der Waals surface area contributed by atoms with Gasteiger partial charge in [-0.1, -0.05) is 26.7 Å². The van der Waals surface area contributed by atoms with E-state index in [0.29, 0.717) is 61.4 Å². The number of amides is 2. The molecule has 30 heavy (non-hydrogen) atoms. The number of nitrogens with zero attached hydrogens (tertiary/aromatic N) is 2.